The van der Waals surface area contributed by atoms with E-state index in [-0.39, 0.29) is 17.7 Å². The van der Waals surface area contributed by atoms with E-state index < -0.39 is 5.41 Å². The molecule has 130 valence electrons. The molecular weight excluding hydrogens is 364 g/mol. The maximum atomic E-state index is 13.3. The average molecular weight is 381 g/mol. The lowest BCUT2D eigenvalue weighted by molar-refractivity contribution is -0.126. The van der Waals surface area contributed by atoms with Crippen LogP contribution in [0.5, 0.6) is 0 Å². The van der Waals surface area contributed by atoms with E-state index in [2.05, 4.69) is 65.8 Å². The highest BCUT2D eigenvalue weighted by molar-refractivity contribution is 7.19. The van der Waals surface area contributed by atoms with Gasteiger partial charge in [-0.3, -0.25) is 4.79 Å². The van der Waals surface area contributed by atoms with E-state index in [1.165, 1.54) is 33.6 Å². The summed E-state index contributed by atoms with van der Waals surface area (Å²) >= 11 is 7.26. The molecule has 1 aromatic heterocycles. The zero-order valence-electron chi connectivity index (χ0n) is 14.2. The number of fused-ring (bicyclic) bond motifs is 1. The number of anilines is 1. The Labute approximate surface area is 161 Å². The Morgan fingerprint density at radius 3 is 2.23 bits per heavy atom. The largest absolute Gasteiger partial charge is 0.301 e. The molecule has 0 spiro atoms. The number of rotatable bonds is 2. The van der Waals surface area contributed by atoms with Crippen LogP contribution in [0.2, 0.25) is 4.34 Å². The molecule has 1 atom stereocenters. The van der Waals surface area contributed by atoms with Crippen molar-refractivity contribution in [2.75, 3.05) is 5.32 Å². The number of thiazole rings is 1. The molecule has 2 aromatic carbocycles. The molecule has 3 nitrogen and oxygen atoms in total. The first-order valence-electron chi connectivity index (χ1n) is 8.68. The molecule has 6 rings (SSSR count). The molecule has 3 aromatic rings. The van der Waals surface area contributed by atoms with Crippen molar-refractivity contribution in [2.45, 2.75) is 25.2 Å². The summed E-state index contributed by atoms with van der Waals surface area (Å²) in [6.07, 6.45) is 2.37. The van der Waals surface area contributed by atoms with Gasteiger partial charge in [0.15, 0.2) is 5.13 Å². The quantitative estimate of drug-likeness (QED) is 0.644. The number of nitrogens with one attached hydrogen (secondary N) is 1. The molecule has 26 heavy (non-hydrogen) atoms. The van der Waals surface area contributed by atoms with Crippen molar-refractivity contribution in [1.29, 1.82) is 0 Å². The smallest absolute Gasteiger partial charge is 0.233 e. The van der Waals surface area contributed by atoms with Crippen molar-refractivity contribution < 1.29 is 4.79 Å². The van der Waals surface area contributed by atoms with E-state index in [1.807, 2.05) is 0 Å². The number of nitrogens with zero attached hydrogens (tertiary/aromatic N) is 1. The highest BCUT2D eigenvalue weighted by Crippen LogP contribution is 2.61. The van der Waals surface area contributed by atoms with Crippen LogP contribution in [0, 0.1) is 5.41 Å². The average Bonchev–Trinajstić information content (AvgIpc) is 3.06. The first kappa shape index (κ1) is 16.0. The third-order valence-corrected chi connectivity index (χ3v) is 6.88. The predicted molar refractivity (Wildman–Crippen MR) is 105 cm³/mol. The third-order valence-electron chi connectivity index (χ3n) is 5.85. The minimum Gasteiger partial charge on any atom is -0.301 e. The SMILES string of the molecule is C[C@@]1(C(=O)Nc2ncc(Cl)s2)CC2c3ccccc3C1c1ccccc12. The van der Waals surface area contributed by atoms with Gasteiger partial charge in [-0.25, -0.2) is 4.98 Å². The number of carbonyl (C=O) groups excluding carboxylic acids is 1. The molecule has 3 aliphatic carbocycles. The van der Waals surface area contributed by atoms with E-state index in [9.17, 15) is 4.79 Å². The van der Waals surface area contributed by atoms with Gasteiger partial charge in [0.05, 0.1) is 11.6 Å². The first-order valence-corrected chi connectivity index (χ1v) is 9.88. The maximum absolute atomic E-state index is 13.3. The first-order chi connectivity index (χ1) is 12.6. The summed E-state index contributed by atoms with van der Waals surface area (Å²) in [6.45, 7) is 2.08. The normalized spacial score (nSPS) is 25.5. The van der Waals surface area contributed by atoms with Crippen molar-refractivity contribution in [3.05, 3.63) is 81.3 Å². The number of halogens is 1. The van der Waals surface area contributed by atoms with E-state index in [4.69, 9.17) is 11.6 Å². The van der Waals surface area contributed by atoms with Crippen molar-refractivity contribution in [1.82, 2.24) is 4.98 Å². The molecule has 1 heterocycles. The van der Waals surface area contributed by atoms with E-state index in [1.54, 1.807) is 6.20 Å². The summed E-state index contributed by atoms with van der Waals surface area (Å²) in [5.41, 5.74) is 4.75. The lowest BCUT2D eigenvalue weighted by atomic mass is 9.52. The molecule has 1 N–H and O–H groups in total. The number of carbonyl (C=O) groups is 1. The lowest BCUT2D eigenvalue weighted by Gasteiger charge is -2.50. The number of aromatic nitrogens is 1. The summed E-state index contributed by atoms with van der Waals surface area (Å²) in [5.74, 6) is 0.320. The second-order valence-electron chi connectivity index (χ2n) is 7.29. The molecule has 3 aliphatic rings. The summed E-state index contributed by atoms with van der Waals surface area (Å²) in [5, 5.41) is 3.56. The van der Waals surface area contributed by atoms with E-state index >= 15 is 0 Å². The van der Waals surface area contributed by atoms with Gasteiger partial charge in [0, 0.05) is 11.8 Å². The number of benzene rings is 2. The van der Waals surface area contributed by atoms with Crippen LogP contribution in [-0.2, 0) is 4.79 Å². The fraction of sp³-hybridized carbons (Fsp3) is 0.238. The Hall–Kier alpha value is -2.17. The summed E-state index contributed by atoms with van der Waals surface area (Å²) in [6, 6.07) is 17.1. The van der Waals surface area contributed by atoms with Gasteiger partial charge < -0.3 is 5.32 Å². The van der Waals surface area contributed by atoms with Crippen LogP contribution in [0.25, 0.3) is 0 Å². The molecule has 0 radical (unpaired) electrons. The highest BCUT2D eigenvalue weighted by atomic mass is 35.5. The van der Waals surface area contributed by atoms with Crippen molar-refractivity contribution in [3.8, 4) is 0 Å². The van der Waals surface area contributed by atoms with Crippen molar-refractivity contribution in [3.63, 3.8) is 0 Å². The van der Waals surface area contributed by atoms with E-state index in [0.29, 0.717) is 9.47 Å². The van der Waals surface area contributed by atoms with Crippen LogP contribution < -0.4 is 5.32 Å². The molecule has 0 aliphatic heterocycles. The van der Waals surface area contributed by atoms with Gasteiger partial charge in [-0.15, -0.1) is 0 Å². The minimum absolute atomic E-state index is 0.0162. The molecule has 5 heteroatoms. The monoisotopic (exact) mass is 380 g/mol. The van der Waals surface area contributed by atoms with Crippen molar-refractivity contribution >= 4 is 34.0 Å². The van der Waals surface area contributed by atoms with Gasteiger partial charge in [0.1, 0.15) is 4.34 Å². The van der Waals surface area contributed by atoms with Gasteiger partial charge in [0.25, 0.3) is 0 Å². The van der Waals surface area contributed by atoms with Crippen LogP contribution >= 0.6 is 22.9 Å². The van der Waals surface area contributed by atoms with Crippen molar-refractivity contribution in [2.24, 2.45) is 5.41 Å². The van der Waals surface area contributed by atoms with Crippen LogP contribution in [0.1, 0.15) is 47.4 Å². The molecule has 0 saturated carbocycles. The van der Waals surface area contributed by atoms with Gasteiger partial charge >= 0.3 is 0 Å². The topological polar surface area (TPSA) is 42.0 Å². The molecule has 1 amide bonds. The Morgan fingerprint density at radius 1 is 1.12 bits per heavy atom. The number of hydrogen-bond donors (Lipinski definition) is 1. The van der Waals surface area contributed by atoms with Crippen LogP contribution in [0.15, 0.2) is 54.7 Å². The van der Waals surface area contributed by atoms with Crippen LogP contribution in [0.3, 0.4) is 0 Å². The highest BCUT2D eigenvalue weighted by Gasteiger charge is 2.53. The van der Waals surface area contributed by atoms with Crippen LogP contribution in [0.4, 0.5) is 5.13 Å². The number of amides is 1. The fourth-order valence-electron chi connectivity index (χ4n) is 4.74. The minimum atomic E-state index is -0.522. The Balaban J connectivity index is 1.62. The van der Waals surface area contributed by atoms with Gasteiger partial charge in [-0.1, -0.05) is 71.5 Å². The molecule has 2 bridgehead atoms. The van der Waals surface area contributed by atoms with Gasteiger partial charge in [-0.2, -0.15) is 0 Å². The molecule has 0 saturated heterocycles. The Bertz CT molecular complexity index is 983. The zero-order chi connectivity index (χ0) is 17.9. The standard InChI is InChI=1S/C21H17ClN2OS/c1-21(19(25)24-20-23-11-17(22)26-20)10-16-12-6-2-4-8-14(12)18(21)15-9-5-3-7-13(15)16/h2-9,11,16,18H,10H2,1H3,(H,23,24,25)/t16?,18?,21-/m1/s1. The summed E-state index contributed by atoms with van der Waals surface area (Å²) in [7, 11) is 0. The van der Waals surface area contributed by atoms with Gasteiger partial charge in [0.2, 0.25) is 5.91 Å². The van der Waals surface area contributed by atoms with E-state index in [0.717, 1.165) is 6.42 Å². The lowest BCUT2D eigenvalue weighted by Crippen LogP contribution is -2.47. The summed E-state index contributed by atoms with van der Waals surface area (Å²) in [4.78, 5) is 17.5. The molecule has 0 fully saturated rings. The Morgan fingerprint density at radius 2 is 1.69 bits per heavy atom. The van der Waals surface area contributed by atoms with Crippen LogP contribution in [-0.4, -0.2) is 10.9 Å². The second kappa shape index (κ2) is 5.66. The third kappa shape index (κ3) is 2.19. The Kier molecular flexibility index (Phi) is 3.49. The second-order valence-corrected chi connectivity index (χ2v) is 8.95. The molecular formula is C21H17ClN2OS. The molecule has 0 unspecified atom stereocenters. The van der Waals surface area contributed by atoms with Gasteiger partial charge in [-0.05, 0) is 35.6 Å². The predicted octanol–water partition coefficient (Wildman–Crippen LogP) is 5.42. The zero-order valence-corrected chi connectivity index (χ0v) is 15.8. The number of hydrogen-bond acceptors (Lipinski definition) is 3. The maximum Gasteiger partial charge on any atom is 0.233 e. The summed E-state index contributed by atoms with van der Waals surface area (Å²) < 4.78 is 0.575. The fourth-order valence-corrected chi connectivity index (χ4v) is 5.55.